The van der Waals surface area contributed by atoms with Crippen molar-refractivity contribution in [1.82, 2.24) is 31.1 Å². The maximum Gasteiger partial charge on any atom is 0.408 e. The first-order valence-electron chi connectivity index (χ1n) is 20.5. The molecule has 59 heavy (non-hydrogen) atoms. The maximum atomic E-state index is 14.5. The van der Waals surface area contributed by atoms with Gasteiger partial charge < -0.3 is 40.5 Å². The first-order valence-corrected chi connectivity index (χ1v) is 20.5. The molecule has 2 aromatic rings. The minimum atomic E-state index is -1.26. The third kappa shape index (κ3) is 12.5. The lowest BCUT2D eigenvalue weighted by Crippen LogP contribution is -2.58. The van der Waals surface area contributed by atoms with Crippen molar-refractivity contribution in [3.05, 3.63) is 83.9 Å². The maximum absolute atomic E-state index is 14.5. The highest BCUT2D eigenvalue weighted by Crippen LogP contribution is 2.43. The highest BCUT2D eigenvalue weighted by Gasteiger charge is 2.56. The van der Waals surface area contributed by atoms with Crippen molar-refractivity contribution >= 4 is 41.4 Å². The molecule has 6 amide bonds. The van der Waals surface area contributed by atoms with Gasteiger partial charge in [-0.25, -0.2) is 4.79 Å². The number of ketones is 1. The summed E-state index contributed by atoms with van der Waals surface area (Å²) in [5, 5.41) is 10.6. The highest BCUT2D eigenvalue weighted by atomic mass is 16.5. The van der Waals surface area contributed by atoms with Gasteiger partial charge in [-0.05, 0) is 69.9 Å². The number of carbonyl (C=O) groups is 7. The molecule has 15 nitrogen and oxygen atoms in total. The summed E-state index contributed by atoms with van der Waals surface area (Å²) >= 11 is 0. The number of nitrogens with one attached hydrogen (secondary N) is 4. The number of hydrogen-bond donors (Lipinski definition) is 4. The molecular weight excluding hydrogens is 757 g/mol. The SMILES string of the molecule is CN(C)C(=O)[C@@H](NC(=O)CNC(=O)C(=O)C1CCCC/C=C/CCCC[C@H](NC(=O)OCc2ccccc2)C(=O)N2C[C@@H]3OC(C)(C)C[C@@H]3[C@H]2C(=O)N1)c1ccccc1. The molecular formula is C44H58N6O9. The van der Waals surface area contributed by atoms with E-state index in [1.165, 1.54) is 9.80 Å². The molecule has 15 heteroatoms. The second-order valence-corrected chi connectivity index (χ2v) is 16.3. The summed E-state index contributed by atoms with van der Waals surface area (Å²) in [4.78, 5) is 97.9. The molecule has 1 unspecified atom stereocenters. The van der Waals surface area contributed by atoms with Crippen molar-refractivity contribution in [1.29, 1.82) is 0 Å². The summed E-state index contributed by atoms with van der Waals surface area (Å²) in [5.74, 6) is -4.59. The molecule has 6 atom stereocenters. The van der Waals surface area contributed by atoms with E-state index in [-0.39, 0.29) is 25.5 Å². The van der Waals surface area contributed by atoms with Gasteiger partial charge in [-0.1, -0.05) is 85.7 Å². The average Bonchev–Trinajstić information content (AvgIpc) is 3.71. The normalized spacial score (nSPS) is 24.5. The van der Waals surface area contributed by atoms with Crippen LogP contribution in [0.2, 0.25) is 0 Å². The third-order valence-electron chi connectivity index (χ3n) is 10.9. The molecule has 0 spiro atoms. The zero-order valence-corrected chi connectivity index (χ0v) is 34.4. The number of carbonyl (C=O) groups excluding carboxylic acids is 7. The van der Waals surface area contributed by atoms with Crippen LogP contribution < -0.4 is 21.3 Å². The van der Waals surface area contributed by atoms with Gasteiger partial charge in [-0.2, -0.15) is 0 Å². The fraction of sp³-hybridized carbons (Fsp3) is 0.523. The Morgan fingerprint density at radius 3 is 2.22 bits per heavy atom. The molecule has 3 aliphatic rings. The zero-order chi connectivity index (χ0) is 42.5. The molecule has 318 valence electrons. The van der Waals surface area contributed by atoms with Crippen molar-refractivity contribution < 1.29 is 43.0 Å². The molecule has 2 fully saturated rings. The smallest absolute Gasteiger partial charge is 0.408 e. The average molecular weight is 815 g/mol. The Labute approximate surface area is 346 Å². The fourth-order valence-corrected chi connectivity index (χ4v) is 7.99. The lowest BCUT2D eigenvalue weighted by molar-refractivity contribution is -0.144. The van der Waals surface area contributed by atoms with Gasteiger partial charge in [0.15, 0.2) is 0 Å². The Morgan fingerprint density at radius 1 is 0.915 bits per heavy atom. The largest absolute Gasteiger partial charge is 0.445 e. The van der Waals surface area contributed by atoms with E-state index in [4.69, 9.17) is 9.47 Å². The Hall–Kier alpha value is -5.57. The monoisotopic (exact) mass is 814 g/mol. The van der Waals surface area contributed by atoms with Gasteiger partial charge in [0.25, 0.3) is 5.91 Å². The Bertz CT molecular complexity index is 1840. The van der Waals surface area contributed by atoms with E-state index in [0.29, 0.717) is 37.7 Å². The molecule has 0 aromatic heterocycles. The molecule has 2 saturated heterocycles. The lowest BCUT2D eigenvalue weighted by atomic mass is 9.89. The van der Waals surface area contributed by atoms with Gasteiger partial charge >= 0.3 is 6.09 Å². The van der Waals surface area contributed by atoms with Crippen molar-refractivity contribution in [2.75, 3.05) is 27.2 Å². The molecule has 5 rings (SSSR count). The van der Waals surface area contributed by atoms with Crippen molar-refractivity contribution in [3.63, 3.8) is 0 Å². The van der Waals surface area contributed by atoms with Crippen LogP contribution in [0, 0.1) is 5.92 Å². The van der Waals surface area contributed by atoms with E-state index in [0.717, 1.165) is 24.8 Å². The van der Waals surface area contributed by atoms with Crippen LogP contribution in [-0.2, 0) is 44.8 Å². The van der Waals surface area contributed by atoms with Crippen LogP contribution in [0.4, 0.5) is 4.79 Å². The quantitative estimate of drug-likeness (QED) is 0.205. The number of benzene rings is 2. The van der Waals surface area contributed by atoms with Crippen molar-refractivity contribution in [2.45, 2.75) is 114 Å². The highest BCUT2D eigenvalue weighted by molar-refractivity contribution is 6.38. The van der Waals surface area contributed by atoms with Gasteiger partial charge in [-0.3, -0.25) is 28.8 Å². The number of nitrogens with zero attached hydrogens (tertiary/aromatic N) is 2. The minimum absolute atomic E-state index is 0.0121. The van der Waals surface area contributed by atoms with Crippen LogP contribution in [0.15, 0.2) is 72.8 Å². The van der Waals surface area contributed by atoms with Gasteiger partial charge in [0.05, 0.1) is 24.3 Å². The van der Waals surface area contributed by atoms with Crippen LogP contribution in [0.3, 0.4) is 0 Å². The van der Waals surface area contributed by atoms with Crippen LogP contribution >= 0.6 is 0 Å². The van der Waals surface area contributed by atoms with Crippen molar-refractivity contribution in [2.24, 2.45) is 5.92 Å². The number of fused-ring (bicyclic) bond motifs is 3. The van der Waals surface area contributed by atoms with E-state index in [2.05, 4.69) is 27.3 Å². The molecule has 4 N–H and O–H groups in total. The Balaban J connectivity index is 1.32. The van der Waals surface area contributed by atoms with Crippen LogP contribution in [0.1, 0.15) is 88.8 Å². The zero-order valence-electron chi connectivity index (χ0n) is 34.4. The summed E-state index contributed by atoms with van der Waals surface area (Å²) < 4.78 is 11.8. The molecule has 0 saturated carbocycles. The van der Waals surface area contributed by atoms with Gasteiger partial charge in [0.2, 0.25) is 29.4 Å². The second kappa shape index (κ2) is 20.9. The fourth-order valence-electron chi connectivity index (χ4n) is 7.99. The Kier molecular flexibility index (Phi) is 15.8. The predicted molar refractivity (Wildman–Crippen MR) is 218 cm³/mol. The summed E-state index contributed by atoms with van der Waals surface area (Å²) in [5.41, 5.74) is 0.757. The molecule has 0 aliphatic carbocycles. The Morgan fingerprint density at radius 2 is 1.56 bits per heavy atom. The number of amides is 6. The molecule has 0 radical (unpaired) electrons. The number of ether oxygens (including phenoxy) is 2. The van der Waals surface area contributed by atoms with E-state index in [1.807, 2.05) is 50.3 Å². The molecule has 3 heterocycles. The summed E-state index contributed by atoms with van der Waals surface area (Å²) in [7, 11) is 3.12. The van der Waals surface area contributed by atoms with Gasteiger partial charge in [0.1, 0.15) is 24.7 Å². The second-order valence-electron chi connectivity index (χ2n) is 16.3. The first kappa shape index (κ1) is 44.5. The lowest BCUT2D eigenvalue weighted by Gasteiger charge is -2.32. The van der Waals surface area contributed by atoms with Crippen LogP contribution in [-0.4, -0.2) is 108 Å². The molecule has 3 aliphatic heterocycles. The van der Waals surface area contributed by atoms with E-state index < -0.39 is 83.8 Å². The van der Waals surface area contributed by atoms with Crippen LogP contribution in [0.5, 0.6) is 0 Å². The van der Waals surface area contributed by atoms with E-state index >= 15 is 0 Å². The van der Waals surface area contributed by atoms with Crippen molar-refractivity contribution in [3.8, 4) is 0 Å². The van der Waals surface area contributed by atoms with E-state index in [9.17, 15) is 33.6 Å². The number of allylic oxidation sites excluding steroid dienone is 2. The standard InChI is InChI=1S/C44H58N6O9/c1-44(2)25-31-34(59-44)27-50-37(31)39(53)46-32(38(52)40(54)45-26-35(51)48-36(42(56)49(3)4)30-21-15-12-16-22-30)23-17-9-7-5-6-8-10-18-24-33(41(50)55)47-43(57)58-28-29-19-13-11-14-20-29/h5-6,11-16,19-22,31-34,36-37H,7-10,17-18,23-28H2,1-4H3,(H,45,54)(H,46,53)(H,47,57)(H,48,51)/b6-5+/t31-,32?,33-,34-,36-,37-/m0/s1. The first-order chi connectivity index (χ1) is 28.2. The number of hydrogen-bond acceptors (Lipinski definition) is 9. The molecule has 0 bridgehead atoms. The number of Topliss-reactive ketones (excluding diaryl/α,β-unsaturated/α-hetero) is 1. The van der Waals surface area contributed by atoms with Gasteiger partial charge in [0, 0.05) is 26.6 Å². The minimum Gasteiger partial charge on any atom is -0.445 e. The number of rotatable bonds is 10. The number of alkyl carbamates (subject to hydrolysis) is 1. The van der Waals surface area contributed by atoms with Gasteiger partial charge in [-0.15, -0.1) is 0 Å². The third-order valence-corrected chi connectivity index (χ3v) is 10.9. The summed E-state index contributed by atoms with van der Waals surface area (Å²) in [6.45, 7) is 3.35. The predicted octanol–water partition coefficient (Wildman–Crippen LogP) is 3.48. The van der Waals surface area contributed by atoms with E-state index in [1.54, 1.807) is 44.4 Å². The topological polar surface area (TPSA) is 193 Å². The summed E-state index contributed by atoms with van der Waals surface area (Å²) in [6.07, 6.45) is 7.86. The number of likely N-dealkylation sites (N-methyl/N-ethyl adjacent to an activating group) is 1. The summed E-state index contributed by atoms with van der Waals surface area (Å²) in [6, 6.07) is 13.5. The molecule has 2 aromatic carbocycles. The van der Waals surface area contributed by atoms with Crippen LogP contribution in [0.25, 0.3) is 0 Å².